The molecule has 0 bridgehead atoms. The van der Waals surface area contributed by atoms with Crippen LogP contribution in [0.5, 0.6) is 5.75 Å². The minimum Gasteiger partial charge on any atom is -0.496 e. The zero-order valence-corrected chi connectivity index (χ0v) is 11.8. The van der Waals surface area contributed by atoms with Crippen molar-refractivity contribution in [3.63, 3.8) is 0 Å². The van der Waals surface area contributed by atoms with E-state index in [1.54, 1.807) is 13.2 Å². The van der Waals surface area contributed by atoms with Crippen LogP contribution in [0.4, 0.5) is 0 Å². The van der Waals surface area contributed by atoms with Gasteiger partial charge in [-0.1, -0.05) is 31.4 Å². The van der Waals surface area contributed by atoms with Gasteiger partial charge in [-0.15, -0.1) is 0 Å². The van der Waals surface area contributed by atoms with Crippen molar-refractivity contribution in [1.82, 2.24) is 0 Å². The molecule has 0 amide bonds. The third kappa shape index (κ3) is 2.36. The molecule has 0 radical (unpaired) electrons. The van der Waals surface area contributed by atoms with E-state index in [4.69, 9.17) is 16.3 Å². The van der Waals surface area contributed by atoms with E-state index in [9.17, 15) is 5.11 Å². The predicted molar refractivity (Wildman–Crippen MR) is 74.2 cm³/mol. The minimum atomic E-state index is -0.487. The monoisotopic (exact) mass is 268 g/mol. The van der Waals surface area contributed by atoms with Crippen LogP contribution in [-0.4, -0.2) is 12.2 Å². The highest BCUT2D eigenvalue weighted by atomic mass is 35.5. The van der Waals surface area contributed by atoms with Crippen molar-refractivity contribution < 1.29 is 9.84 Å². The smallest absolute Gasteiger partial charge is 0.124 e. The Kier molecular flexibility index (Phi) is 4.18. The molecule has 1 atom stereocenters. The molecule has 2 rings (SSSR count). The minimum absolute atomic E-state index is 0.00202. The zero-order chi connectivity index (χ0) is 13.2. The van der Waals surface area contributed by atoms with Crippen LogP contribution in [0.1, 0.15) is 50.7 Å². The molecule has 3 heteroatoms. The van der Waals surface area contributed by atoms with Crippen LogP contribution in [0.15, 0.2) is 18.2 Å². The van der Waals surface area contributed by atoms with Gasteiger partial charge in [0.1, 0.15) is 5.75 Å². The third-order valence-electron chi connectivity index (χ3n) is 4.37. The fourth-order valence-electron chi connectivity index (χ4n) is 3.15. The average molecular weight is 269 g/mol. The van der Waals surface area contributed by atoms with Gasteiger partial charge in [-0.25, -0.2) is 0 Å². The van der Waals surface area contributed by atoms with Crippen molar-refractivity contribution in [2.24, 2.45) is 5.41 Å². The van der Waals surface area contributed by atoms with Gasteiger partial charge in [-0.3, -0.25) is 0 Å². The summed E-state index contributed by atoms with van der Waals surface area (Å²) >= 11 is 6.05. The van der Waals surface area contributed by atoms with Gasteiger partial charge in [0.15, 0.2) is 0 Å². The normalized spacial score (nSPS) is 19.8. The molecule has 0 aliphatic heterocycles. The van der Waals surface area contributed by atoms with E-state index in [0.717, 1.165) is 30.6 Å². The maximum absolute atomic E-state index is 10.8. The molecule has 1 aliphatic carbocycles. The first-order valence-electron chi connectivity index (χ1n) is 6.64. The highest BCUT2D eigenvalue weighted by Crippen LogP contribution is 2.51. The van der Waals surface area contributed by atoms with Gasteiger partial charge >= 0.3 is 0 Å². The van der Waals surface area contributed by atoms with Crippen LogP contribution in [0.25, 0.3) is 0 Å². The molecule has 1 aromatic rings. The van der Waals surface area contributed by atoms with Crippen LogP contribution in [0.3, 0.4) is 0 Å². The number of methoxy groups -OCH3 is 1. The van der Waals surface area contributed by atoms with E-state index in [-0.39, 0.29) is 5.41 Å². The van der Waals surface area contributed by atoms with Crippen LogP contribution < -0.4 is 4.74 Å². The summed E-state index contributed by atoms with van der Waals surface area (Å²) in [6.07, 6.45) is 5.07. The standard InChI is InChI=1S/C15H21ClO2/c1-3-15(8-4-5-9-15)14(17)12-10-11(16)6-7-13(12)18-2/h6-7,10,14,17H,3-5,8-9H2,1-2H3. The second kappa shape index (κ2) is 5.50. The number of aliphatic hydroxyl groups excluding tert-OH is 1. The number of benzene rings is 1. The molecule has 18 heavy (non-hydrogen) atoms. The van der Waals surface area contributed by atoms with Crippen molar-refractivity contribution in [3.8, 4) is 5.75 Å². The molecule has 0 saturated heterocycles. The van der Waals surface area contributed by atoms with Crippen molar-refractivity contribution in [2.75, 3.05) is 7.11 Å². The van der Waals surface area contributed by atoms with E-state index >= 15 is 0 Å². The number of rotatable bonds is 4. The summed E-state index contributed by atoms with van der Waals surface area (Å²) in [5.74, 6) is 0.728. The van der Waals surface area contributed by atoms with E-state index in [1.807, 2.05) is 12.1 Å². The Morgan fingerprint density at radius 3 is 2.61 bits per heavy atom. The van der Waals surface area contributed by atoms with Gasteiger partial charge in [-0.2, -0.15) is 0 Å². The third-order valence-corrected chi connectivity index (χ3v) is 4.60. The molecule has 0 spiro atoms. The Morgan fingerprint density at radius 1 is 1.39 bits per heavy atom. The summed E-state index contributed by atoms with van der Waals surface area (Å²) in [5, 5.41) is 11.4. The average Bonchev–Trinajstić information content (AvgIpc) is 2.87. The molecule has 1 saturated carbocycles. The molecule has 1 unspecified atom stereocenters. The summed E-state index contributed by atoms with van der Waals surface area (Å²) in [7, 11) is 1.63. The van der Waals surface area contributed by atoms with E-state index < -0.39 is 6.10 Å². The summed E-state index contributed by atoms with van der Waals surface area (Å²) in [6, 6.07) is 5.46. The van der Waals surface area contributed by atoms with Gasteiger partial charge in [0.05, 0.1) is 13.2 Å². The largest absolute Gasteiger partial charge is 0.496 e. The number of aliphatic hydroxyl groups is 1. The van der Waals surface area contributed by atoms with Gasteiger partial charge in [-0.05, 0) is 37.5 Å². The summed E-state index contributed by atoms with van der Waals surface area (Å²) in [4.78, 5) is 0. The fraction of sp³-hybridized carbons (Fsp3) is 0.600. The van der Waals surface area contributed by atoms with E-state index in [0.29, 0.717) is 5.02 Å². The Bertz CT molecular complexity index is 411. The lowest BCUT2D eigenvalue weighted by Gasteiger charge is -2.34. The number of hydrogen-bond donors (Lipinski definition) is 1. The maximum Gasteiger partial charge on any atom is 0.124 e. The second-order valence-electron chi connectivity index (χ2n) is 5.21. The SMILES string of the molecule is CCC1(C(O)c2cc(Cl)ccc2OC)CCCC1. The molecule has 0 aromatic heterocycles. The topological polar surface area (TPSA) is 29.5 Å². The van der Waals surface area contributed by atoms with Gasteiger partial charge in [0.2, 0.25) is 0 Å². The summed E-state index contributed by atoms with van der Waals surface area (Å²) in [6.45, 7) is 2.16. The fourth-order valence-corrected chi connectivity index (χ4v) is 3.33. The summed E-state index contributed by atoms with van der Waals surface area (Å²) in [5.41, 5.74) is 0.826. The molecular formula is C15H21ClO2. The lowest BCUT2D eigenvalue weighted by Crippen LogP contribution is -2.25. The Hall–Kier alpha value is -0.730. The summed E-state index contributed by atoms with van der Waals surface area (Å²) < 4.78 is 5.35. The van der Waals surface area contributed by atoms with Crippen LogP contribution in [0, 0.1) is 5.41 Å². The highest BCUT2D eigenvalue weighted by Gasteiger charge is 2.40. The molecular weight excluding hydrogens is 248 g/mol. The van der Waals surface area contributed by atoms with Gasteiger partial charge < -0.3 is 9.84 Å². The first kappa shape index (κ1) is 13.7. The van der Waals surface area contributed by atoms with Gasteiger partial charge in [0.25, 0.3) is 0 Å². The zero-order valence-electron chi connectivity index (χ0n) is 11.1. The maximum atomic E-state index is 10.8. The first-order valence-corrected chi connectivity index (χ1v) is 7.02. The lowest BCUT2D eigenvalue weighted by atomic mass is 9.75. The van der Waals surface area contributed by atoms with Crippen LogP contribution in [-0.2, 0) is 0 Å². The highest BCUT2D eigenvalue weighted by molar-refractivity contribution is 6.30. The quantitative estimate of drug-likeness (QED) is 0.880. The van der Waals surface area contributed by atoms with Crippen molar-refractivity contribution in [1.29, 1.82) is 0 Å². The molecule has 1 fully saturated rings. The predicted octanol–water partition coefficient (Wildman–Crippen LogP) is 4.35. The Morgan fingerprint density at radius 2 is 2.06 bits per heavy atom. The van der Waals surface area contributed by atoms with Crippen molar-refractivity contribution in [2.45, 2.75) is 45.1 Å². The molecule has 2 nitrogen and oxygen atoms in total. The number of hydrogen-bond acceptors (Lipinski definition) is 2. The first-order chi connectivity index (χ1) is 8.63. The Balaban J connectivity index is 2.37. The van der Waals surface area contributed by atoms with E-state index in [2.05, 4.69) is 6.92 Å². The number of ether oxygens (including phenoxy) is 1. The molecule has 1 N–H and O–H groups in total. The molecule has 1 aromatic carbocycles. The van der Waals surface area contributed by atoms with Crippen molar-refractivity contribution in [3.05, 3.63) is 28.8 Å². The Labute approximate surface area is 114 Å². The van der Waals surface area contributed by atoms with Crippen molar-refractivity contribution >= 4 is 11.6 Å². The van der Waals surface area contributed by atoms with Crippen LogP contribution >= 0.6 is 11.6 Å². The van der Waals surface area contributed by atoms with E-state index in [1.165, 1.54) is 12.8 Å². The molecule has 0 heterocycles. The number of halogens is 1. The van der Waals surface area contributed by atoms with Gasteiger partial charge in [0, 0.05) is 16.0 Å². The second-order valence-corrected chi connectivity index (χ2v) is 5.65. The lowest BCUT2D eigenvalue weighted by molar-refractivity contribution is 0.0220. The van der Waals surface area contributed by atoms with Crippen LogP contribution in [0.2, 0.25) is 5.02 Å². The molecule has 1 aliphatic rings. The molecule has 100 valence electrons.